The second-order valence-corrected chi connectivity index (χ2v) is 10.0. The van der Waals surface area contributed by atoms with E-state index in [0.29, 0.717) is 12.0 Å². The van der Waals surface area contributed by atoms with Crippen LogP contribution in [-0.4, -0.2) is 0 Å². The average Bonchev–Trinajstić information content (AvgIpc) is 2.94. The minimum absolute atomic E-state index is 0.182. The van der Waals surface area contributed by atoms with E-state index < -0.39 is 0 Å². The molecule has 0 bridgehead atoms. The number of rotatable bonds is 5. The summed E-state index contributed by atoms with van der Waals surface area (Å²) in [6, 6.07) is 35.6. The van der Waals surface area contributed by atoms with Gasteiger partial charge in [-0.2, -0.15) is 4.57 Å². The maximum absolute atomic E-state index is 14.3. The third-order valence-corrected chi connectivity index (χ3v) is 7.88. The SMILES string of the molecule is CC1C(CCc2ccccc2-c2cc(-c3ccccc3)cc[n+]2C)c2ccc(F)cc2-c2cccc[n+]21. The molecule has 2 atom stereocenters. The van der Waals surface area contributed by atoms with Crippen LogP contribution in [0.5, 0.6) is 0 Å². The Morgan fingerprint density at radius 2 is 1.49 bits per heavy atom. The van der Waals surface area contributed by atoms with Crippen molar-refractivity contribution in [3.8, 4) is 33.6 Å². The summed E-state index contributed by atoms with van der Waals surface area (Å²) in [6.07, 6.45) is 6.21. The first-order valence-electron chi connectivity index (χ1n) is 13.0. The second-order valence-electron chi connectivity index (χ2n) is 10.0. The first-order valence-corrected chi connectivity index (χ1v) is 13.0. The molecule has 37 heavy (non-hydrogen) atoms. The van der Waals surface area contributed by atoms with Gasteiger partial charge in [-0.05, 0) is 66.3 Å². The molecule has 2 nitrogen and oxygen atoms in total. The summed E-state index contributed by atoms with van der Waals surface area (Å²) in [5.41, 5.74) is 9.59. The molecule has 0 aliphatic carbocycles. The van der Waals surface area contributed by atoms with Gasteiger partial charge in [0.15, 0.2) is 18.4 Å². The molecule has 182 valence electrons. The Bertz CT molecular complexity index is 1570. The fourth-order valence-corrected chi connectivity index (χ4v) is 5.91. The number of pyridine rings is 2. The molecule has 0 saturated carbocycles. The maximum atomic E-state index is 14.3. The Labute approximate surface area is 218 Å². The van der Waals surface area contributed by atoms with Gasteiger partial charge in [0.1, 0.15) is 12.9 Å². The molecule has 5 aromatic rings. The Morgan fingerprint density at radius 3 is 2.35 bits per heavy atom. The molecule has 6 rings (SSSR count). The lowest BCUT2D eigenvalue weighted by atomic mass is 9.80. The van der Waals surface area contributed by atoms with Crippen molar-refractivity contribution in [3.05, 3.63) is 132 Å². The van der Waals surface area contributed by atoms with Gasteiger partial charge in [0.25, 0.3) is 0 Å². The van der Waals surface area contributed by atoms with Gasteiger partial charge in [-0.3, -0.25) is 0 Å². The zero-order chi connectivity index (χ0) is 25.4. The van der Waals surface area contributed by atoms with Crippen LogP contribution in [0.2, 0.25) is 0 Å². The van der Waals surface area contributed by atoms with E-state index in [9.17, 15) is 4.39 Å². The van der Waals surface area contributed by atoms with Gasteiger partial charge in [0, 0.05) is 35.7 Å². The second kappa shape index (κ2) is 9.74. The number of benzene rings is 3. The third kappa shape index (κ3) is 4.35. The van der Waals surface area contributed by atoms with E-state index in [2.05, 4.69) is 114 Å². The first-order chi connectivity index (χ1) is 18.1. The topological polar surface area (TPSA) is 7.76 Å². The minimum atomic E-state index is -0.182. The number of hydrogen-bond acceptors (Lipinski definition) is 0. The zero-order valence-corrected chi connectivity index (χ0v) is 21.3. The number of aromatic nitrogens is 2. The molecule has 0 N–H and O–H groups in total. The predicted molar refractivity (Wildman–Crippen MR) is 146 cm³/mol. The van der Waals surface area contributed by atoms with E-state index in [1.54, 1.807) is 12.1 Å². The van der Waals surface area contributed by atoms with Crippen LogP contribution in [0.1, 0.15) is 36.4 Å². The number of hydrogen-bond donors (Lipinski definition) is 0. The Morgan fingerprint density at radius 1 is 0.703 bits per heavy atom. The van der Waals surface area contributed by atoms with Crippen molar-refractivity contribution in [1.82, 2.24) is 0 Å². The molecule has 0 radical (unpaired) electrons. The Kier molecular flexibility index (Phi) is 6.13. The van der Waals surface area contributed by atoms with Crippen LogP contribution in [0.25, 0.3) is 33.6 Å². The number of aryl methyl sites for hydroxylation is 2. The highest BCUT2D eigenvalue weighted by Gasteiger charge is 2.37. The fourth-order valence-electron chi connectivity index (χ4n) is 5.91. The van der Waals surface area contributed by atoms with Crippen LogP contribution >= 0.6 is 0 Å². The van der Waals surface area contributed by atoms with Gasteiger partial charge in [-0.1, -0.05) is 54.6 Å². The molecule has 0 saturated heterocycles. The number of fused-ring (bicyclic) bond motifs is 3. The van der Waals surface area contributed by atoms with Gasteiger partial charge in [-0.25, -0.2) is 8.96 Å². The minimum Gasteiger partial charge on any atom is -0.207 e. The highest BCUT2D eigenvalue weighted by molar-refractivity contribution is 5.70. The van der Waals surface area contributed by atoms with Crippen molar-refractivity contribution >= 4 is 0 Å². The molecule has 1 aliphatic heterocycles. The molecule has 3 heterocycles. The summed E-state index contributed by atoms with van der Waals surface area (Å²) in [5, 5.41) is 0. The van der Waals surface area contributed by atoms with E-state index >= 15 is 0 Å². The maximum Gasteiger partial charge on any atom is 0.213 e. The van der Waals surface area contributed by atoms with Gasteiger partial charge in [0.2, 0.25) is 11.4 Å². The lowest BCUT2D eigenvalue weighted by Crippen LogP contribution is -2.45. The van der Waals surface area contributed by atoms with Crippen LogP contribution in [-0.2, 0) is 13.5 Å². The van der Waals surface area contributed by atoms with Gasteiger partial charge >= 0.3 is 0 Å². The summed E-state index contributed by atoms with van der Waals surface area (Å²) in [5.74, 6) is 0.117. The summed E-state index contributed by atoms with van der Waals surface area (Å²) in [4.78, 5) is 0. The monoisotopic (exact) mass is 486 g/mol. The molecular formula is C34H31FN2+2. The molecule has 2 aromatic heterocycles. The van der Waals surface area contributed by atoms with E-state index in [4.69, 9.17) is 0 Å². The smallest absolute Gasteiger partial charge is 0.207 e. The van der Waals surface area contributed by atoms with Crippen molar-refractivity contribution in [2.75, 3.05) is 0 Å². The third-order valence-electron chi connectivity index (χ3n) is 7.88. The molecule has 2 unspecified atom stereocenters. The average molecular weight is 487 g/mol. The summed E-state index contributed by atoms with van der Waals surface area (Å²) in [6.45, 7) is 2.29. The molecule has 3 aromatic carbocycles. The summed E-state index contributed by atoms with van der Waals surface area (Å²) >= 11 is 0. The van der Waals surface area contributed by atoms with Crippen molar-refractivity contribution < 1.29 is 13.5 Å². The quantitative estimate of drug-likeness (QED) is 0.232. The van der Waals surface area contributed by atoms with E-state index in [-0.39, 0.29) is 5.82 Å². The van der Waals surface area contributed by atoms with Crippen molar-refractivity contribution in [2.45, 2.75) is 31.7 Å². The predicted octanol–water partition coefficient (Wildman–Crippen LogP) is 7.23. The molecule has 0 spiro atoms. The summed E-state index contributed by atoms with van der Waals surface area (Å²) < 4.78 is 18.8. The van der Waals surface area contributed by atoms with Crippen LogP contribution in [0.3, 0.4) is 0 Å². The molecular weight excluding hydrogens is 455 g/mol. The van der Waals surface area contributed by atoms with Crippen LogP contribution in [0, 0.1) is 5.82 Å². The lowest BCUT2D eigenvalue weighted by Gasteiger charge is -2.28. The van der Waals surface area contributed by atoms with Crippen LogP contribution < -0.4 is 9.13 Å². The molecule has 1 aliphatic rings. The van der Waals surface area contributed by atoms with Crippen LogP contribution in [0.4, 0.5) is 4.39 Å². The highest BCUT2D eigenvalue weighted by Crippen LogP contribution is 2.41. The standard InChI is InChI=1S/C34H31FN2/c1-24-29(31-18-16-28(35)23-32(31)33-14-8-9-20-37(24)33)17-15-26-12-6-7-13-30(26)34-22-27(19-21-36(34)2)25-10-4-3-5-11-25/h3-14,16,18-24,29H,15,17H2,1-2H3/q+2. The van der Waals surface area contributed by atoms with Gasteiger partial charge < -0.3 is 0 Å². The highest BCUT2D eigenvalue weighted by atomic mass is 19.1. The van der Waals surface area contributed by atoms with E-state index in [0.717, 1.165) is 24.1 Å². The van der Waals surface area contributed by atoms with Gasteiger partial charge in [0.05, 0.1) is 5.56 Å². The van der Waals surface area contributed by atoms with Crippen LogP contribution in [0.15, 0.2) is 116 Å². The first kappa shape index (κ1) is 23.3. The normalized spacial score (nSPS) is 16.2. The molecule has 0 fully saturated rings. The largest absolute Gasteiger partial charge is 0.213 e. The molecule has 3 heteroatoms. The van der Waals surface area contributed by atoms with Crippen molar-refractivity contribution in [1.29, 1.82) is 0 Å². The van der Waals surface area contributed by atoms with E-state index in [1.165, 1.54) is 33.5 Å². The Hall–Kier alpha value is -4.11. The number of halogens is 1. The van der Waals surface area contributed by atoms with E-state index in [1.807, 2.05) is 12.1 Å². The summed E-state index contributed by atoms with van der Waals surface area (Å²) in [7, 11) is 2.11. The lowest BCUT2D eigenvalue weighted by molar-refractivity contribution is -0.714. The number of nitrogens with zero attached hydrogens (tertiary/aromatic N) is 2. The van der Waals surface area contributed by atoms with Gasteiger partial charge in [-0.15, -0.1) is 0 Å². The Balaban J connectivity index is 1.35. The zero-order valence-electron chi connectivity index (χ0n) is 21.3. The fraction of sp³-hybridized carbons (Fsp3) is 0.176. The van der Waals surface area contributed by atoms with Crippen molar-refractivity contribution in [2.24, 2.45) is 7.05 Å². The van der Waals surface area contributed by atoms with Crippen molar-refractivity contribution in [3.63, 3.8) is 0 Å². The molecule has 0 amide bonds.